The van der Waals surface area contributed by atoms with Crippen molar-refractivity contribution < 1.29 is 4.74 Å². The van der Waals surface area contributed by atoms with Gasteiger partial charge in [-0.2, -0.15) is 0 Å². The van der Waals surface area contributed by atoms with Gasteiger partial charge in [-0.05, 0) is 49.7 Å². The van der Waals surface area contributed by atoms with E-state index in [9.17, 15) is 0 Å². The molecule has 2 N–H and O–H groups in total. The molecule has 0 spiro atoms. The number of hydrogen-bond acceptors (Lipinski definition) is 3. The number of methoxy groups -OCH3 is 1. The zero-order valence-corrected chi connectivity index (χ0v) is 13.1. The van der Waals surface area contributed by atoms with E-state index < -0.39 is 0 Å². The fourth-order valence-corrected chi connectivity index (χ4v) is 4.10. The fraction of sp³-hybridized carbons (Fsp3) is 0.667. The van der Waals surface area contributed by atoms with Crippen LogP contribution in [-0.4, -0.2) is 26.2 Å². The smallest absolute Gasteiger partial charge is 0.142 e. The average molecular weight is 288 g/mol. The summed E-state index contributed by atoms with van der Waals surface area (Å²) in [6, 6.07) is 8.75. The highest BCUT2D eigenvalue weighted by Crippen LogP contribution is 2.35. The Labute approximate surface area is 128 Å². The Kier molecular flexibility index (Phi) is 4.69. The summed E-state index contributed by atoms with van der Waals surface area (Å²) in [7, 11) is 1.75. The van der Waals surface area contributed by atoms with Crippen molar-refractivity contribution in [2.45, 2.75) is 44.6 Å². The molecule has 0 amide bonds. The molecular formula is C18H28N2O. The molecule has 2 aliphatic rings. The lowest BCUT2D eigenvalue weighted by Gasteiger charge is -2.24. The van der Waals surface area contributed by atoms with Gasteiger partial charge in [0.2, 0.25) is 0 Å². The Morgan fingerprint density at radius 2 is 2.00 bits per heavy atom. The van der Waals surface area contributed by atoms with Crippen LogP contribution in [0.2, 0.25) is 0 Å². The monoisotopic (exact) mass is 288 g/mol. The van der Waals surface area contributed by atoms with Gasteiger partial charge in [-0.15, -0.1) is 0 Å². The minimum absolute atomic E-state index is 0.412. The van der Waals surface area contributed by atoms with Crippen molar-refractivity contribution in [3.05, 3.63) is 24.3 Å². The average Bonchev–Trinajstić information content (AvgIpc) is 3.18. The van der Waals surface area contributed by atoms with Crippen LogP contribution in [0.25, 0.3) is 0 Å². The highest BCUT2D eigenvalue weighted by molar-refractivity contribution is 5.58. The van der Waals surface area contributed by atoms with E-state index in [1.54, 1.807) is 7.11 Å². The molecule has 1 heterocycles. The first kappa shape index (κ1) is 14.7. The topological polar surface area (TPSA) is 38.5 Å². The van der Waals surface area contributed by atoms with Gasteiger partial charge in [0, 0.05) is 19.1 Å². The third-order valence-corrected chi connectivity index (χ3v) is 5.32. The lowest BCUT2D eigenvalue weighted by molar-refractivity contribution is 0.357. The van der Waals surface area contributed by atoms with E-state index in [1.807, 2.05) is 12.1 Å². The van der Waals surface area contributed by atoms with Gasteiger partial charge in [0.05, 0.1) is 12.8 Å². The number of rotatable bonds is 5. The minimum Gasteiger partial charge on any atom is -0.495 e. The molecule has 1 aliphatic carbocycles. The van der Waals surface area contributed by atoms with Crippen molar-refractivity contribution in [1.29, 1.82) is 0 Å². The second kappa shape index (κ2) is 6.69. The van der Waals surface area contributed by atoms with Gasteiger partial charge in [-0.1, -0.05) is 25.0 Å². The maximum atomic E-state index is 6.46. The van der Waals surface area contributed by atoms with Crippen LogP contribution in [0.3, 0.4) is 0 Å². The Morgan fingerprint density at radius 1 is 1.24 bits per heavy atom. The normalized spacial score (nSPS) is 24.5. The quantitative estimate of drug-likeness (QED) is 0.902. The van der Waals surface area contributed by atoms with Crippen LogP contribution in [0.1, 0.15) is 38.5 Å². The molecule has 1 aromatic rings. The van der Waals surface area contributed by atoms with Gasteiger partial charge in [0.1, 0.15) is 5.75 Å². The number of ether oxygens (including phenoxy) is 1. The van der Waals surface area contributed by atoms with Gasteiger partial charge in [-0.25, -0.2) is 0 Å². The first-order valence-corrected chi connectivity index (χ1v) is 8.41. The molecule has 0 radical (unpaired) electrons. The highest BCUT2D eigenvalue weighted by atomic mass is 16.5. The molecular weight excluding hydrogens is 260 g/mol. The van der Waals surface area contributed by atoms with Crippen molar-refractivity contribution in [1.82, 2.24) is 0 Å². The number of para-hydroxylation sites is 2. The standard InChI is InChI=1S/C18H28N2O/c1-21-18-9-5-4-8-17(18)20-11-10-14(13-20)12-16(19)15-6-2-3-7-15/h4-5,8-9,14-16H,2-3,6-7,10-13,19H2,1H3. The lowest BCUT2D eigenvalue weighted by atomic mass is 9.89. The molecule has 0 bridgehead atoms. The Balaban J connectivity index is 1.57. The second-order valence-corrected chi connectivity index (χ2v) is 6.72. The molecule has 0 aromatic heterocycles. The van der Waals surface area contributed by atoms with E-state index in [-0.39, 0.29) is 0 Å². The molecule has 3 nitrogen and oxygen atoms in total. The van der Waals surface area contributed by atoms with Gasteiger partial charge >= 0.3 is 0 Å². The number of benzene rings is 1. The molecule has 3 heteroatoms. The summed E-state index contributed by atoms with van der Waals surface area (Å²) in [5, 5.41) is 0. The van der Waals surface area contributed by atoms with E-state index in [1.165, 1.54) is 44.2 Å². The van der Waals surface area contributed by atoms with Gasteiger partial charge in [-0.3, -0.25) is 0 Å². The van der Waals surface area contributed by atoms with Crippen molar-refractivity contribution in [2.75, 3.05) is 25.1 Å². The molecule has 116 valence electrons. The summed E-state index contributed by atoms with van der Waals surface area (Å²) >= 11 is 0. The van der Waals surface area contributed by atoms with E-state index in [4.69, 9.17) is 10.5 Å². The molecule has 3 rings (SSSR count). The Hall–Kier alpha value is -1.22. The zero-order valence-electron chi connectivity index (χ0n) is 13.1. The van der Waals surface area contributed by atoms with Gasteiger partial charge in [0.25, 0.3) is 0 Å². The summed E-state index contributed by atoms with van der Waals surface area (Å²) in [6.45, 7) is 2.25. The van der Waals surface area contributed by atoms with Crippen molar-refractivity contribution in [2.24, 2.45) is 17.6 Å². The summed E-state index contributed by atoms with van der Waals surface area (Å²) in [4.78, 5) is 2.46. The van der Waals surface area contributed by atoms with Crippen LogP contribution >= 0.6 is 0 Å². The SMILES string of the molecule is COc1ccccc1N1CCC(CC(N)C2CCCC2)C1. The van der Waals surface area contributed by atoms with E-state index in [2.05, 4.69) is 17.0 Å². The molecule has 1 aliphatic heterocycles. The first-order chi connectivity index (χ1) is 10.3. The van der Waals surface area contributed by atoms with Crippen LogP contribution in [-0.2, 0) is 0 Å². The van der Waals surface area contributed by atoms with Crippen LogP contribution in [0.15, 0.2) is 24.3 Å². The third kappa shape index (κ3) is 3.34. The van der Waals surface area contributed by atoms with E-state index in [0.717, 1.165) is 30.7 Å². The largest absolute Gasteiger partial charge is 0.495 e. The van der Waals surface area contributed by atoms with Gasteiger partial charge < -0.3 is 15.4 Å². The first-order valence-electron chi connectivity index (χ1n) is 8.41. The van der Waals surface area contributed by atoms with Crippen LogP contribution in [0, 0.1) is 11.8 Å². The van der Waals surface area contributed by atoms with Crippen molar-refractivity contribution in [3.8, 4) is 5.75 Å². The Bertz CT molecular complexity index is 456. The van der Waals surface area contributed by atoms with E-state index >= 15 is 0 Å². The van der Waals surface area contributed by atoms with E-state index in [0.29, 0.717) is 6.04 Å². The van der Waals surface area contributed by atoms with Crippen LogP contribution in [0.5, 0.6) is 5.75 Å². The number of nitrogens with zero attached hydrogens (tertiary/aromatic N) is 1. The number of nitrogens with two attached hydrogens (primary N) is 1. The summed E-state index contributed by atoms with van der Waals surface area (Å²) in [5.74, 6) is 2.51. The molecule has 2 fully saturated rings. The Morgan fingerprint density at radius 3 is 2.76 bits per heavy atom. The van der Waals surface area contributed by atoms with Crippen molar-refractivity contribution in [3.63, 3.8) is 0 Å². The predicted molar refractivity (Wildman–Crippen MR) is 87.9 cm³/mol. The van der Waals surface area contributed by atoms with Crippen molar-refractivity contribution >= 4 is 5.69 Å². The second-order valence-electron chi connectivity index (χ2n) is 6.72. The molecule has 1 saturated carbocycles. The molecule has 2 atom stereocenters. The highest BCUT2D eigenvalue weighted by Gasteiger charge is 2.29. The summed E-state index contributed by atoms with van der Waals surface area (Å²) in [5.41, 5.74) is 7.69. The zero-order chi connectivity index (χ0) is 14.7. The fourth-order valence-electron chi connectivity index (χ4n) is 4.10. The van der Waals surface area contributed by atoms with Gasteiger partial charge in [0.15, 0.2) is 0 Å². The molecule has 21 heavy (non-hydrogen) atoms. The molecule has 1 aromatic carbocycles. The number of hydrogen-bond donors (Lipinski definition) is 1. The third-order valence-electron chi connectivity index (χ3n) is 5.32. The molecule has 2 unspecified atom stereocenters. The van der Waals surface area contributed by atoms with Crippen LogP contribution in [0.4, 0.5) is 5.69 Å². The van der Waals surface area contributed by atoms with Crippen LogP contribution < -0.4 is 15.4 Å². The summed E-state index contributed by atoms with van der Waals surface area (Å²) < 4.78 is 5.49. The number of anilines is 1. The molecule has 1 saturated heterocycles. The maximum Gasteiger partial charge on any atom is 0.142 e. The minimum atomic E-state index is 0.412. The maximum absolute atomic E-state index is 6.46. The predicted octanol–water partition coefficient (Wildman–Crippen LogP) is 3.43. The lowest BCUT2D eigenvalue weighted by Crippen LogP contribution is -2.31. The summed E-state index contributed by atoms with van der Waals surface area (Å²) in [6.07, 6.45) is 7.93.